The van der Waals surface area contributed by atoms with Crippen molar-refractivity contribution in [1.29, 1.82) is 0 Å². The third-order valence-corrected chi connectivity index (χ3v) is 9.48. The van der Waals surface area contributed by atoms with Gasteiger partial charge >= 0.3 is 0 Å². The minimum atomic E-state index is 0.616. The lowest BCUT2D eigenvalue weighted by atomic mass is 9.91. The van der Waals surface area contributed by atoms with Crippen molar-refractivity contribution in [3.63, 3.8) is 0 Å². The highest BCUT2D eigenvalue weighted by molar-refractivity contribution is 7.26. The maximum Gasteiger partial charge on any atom is 0.0434 e. The van der Waals surface area contributed by atoms with E-state index in [0.717, 1.165) is 12.8 Å². The molecule has 0 nitrogen and oxygen atoms in total. The minimum absolute atomic E-state index is 0.616. The molecule has 0 amide bonds. The zero-order chi connectivity index (χ0) is 28.1. The van der Waals surface area contributed by atoms with E-state index in [1.165, 1.54) is 75.1 Å². The maximum absolute atomic E-state index is 2.46. The van der Waals surface area contributed by atoms with E-state index in [1.54, 1.807) is 0 Å². The molecule has 0 radical (unpaired) electrons. The molecule has 0 saturated carbocycles. The smallest absolute Gasteiger partial charge is 0.0434 e. The van der Waals surface area contributed by atoms with Crippen molar-refractivity contribution in [1.82, 2.24) is 0 Å². The van der Waals surface area contributed by atoms with Gasteiger partial charge in [-0.05, 0) is 110 Å². The molecule has 0 aliphatic rings. The molecule has 7 aromatic rings. The quantitative estimate of drug-likeness (QED) is 0.181. The Morgan fingerprint density at radius 3 is 1.83 bits per heavy atom. The van der Waals surface area contributed by atoms with Gasteiger partial charge in [-0.1, -0.05) is 107 Å². The summed E-state index contributed by atoms with van der Waals surface area (Å²) in [6, 6.07) is 41.2. The standard InChI is InChI=1S/C40H36S/c1-25(2)19-27-13-18-39-37(21-27)38-23-28(20-26(3)4)22-36(40(38)41-39)30-16-14-29(15-17-30)35-24-31-9-5-6-10-32(31)33-11-7-8-12-34(33)35/h5-18,21-26H,19-20H2,1-4H3. The van der Waals surface area contributed by atoms with Crippen molar-refractivity contribution in [2.75, 3.05) is 0 Å². The lowest BCUT2D eigenvalue weighted by Crippen LogP contribution is -1.95. The molecule has 0 unspecified atom stereocenters. The van der Waals surface area contributed by atoms with Gasteiger partial charge in [0.25, 0.3) is 0 Å². The van der Waals surface area contributed by atoms with Crippen LogP contribution in [0, 0.1) is 11.8 Å². The van der Waals surface area contributed by atoms with Gasteiger partial charge in [0.2, 0.25) is 0 Å². The van der Waals surface area contributed by atoms with Gasteiger partial charge < -0.3 is 0 Å². The normalized spacial score (nSPS) is 12.0. The number of thiophene rings is 1. The largest absolute Gasteiger partial charge is 0.135 e. The van der Waals surface area contributed by atoms with E-state index in [2.05, 4.69) is 137 Å². The van der Waals surface area contributed by atoms with Gasteiger partial charge in [-0.15, -0.1) is 11.3 Å². The Labute approximate surface area is 247 Å². The lowest BCUT2D eigenvalue weighted by molar-refractivity contribution is 0.647. The molecule has 7 rings (SSSR count). The molecule has 6 aromatic carbocycles. The fourth-order valence-corrected chi connectivity index (χ4v) is 7.71. The predicted molar refractivity (Wildman–Crippen MR) is 182 cm³/mol. The first kappa shape index (κ1) is 26.0. The van der Waals surface area contributed by atoms with Gasteiger partial charge in [-0.25, -0.2) is 0 Å². The van der Waals surface area contributed by atoms with Crippen LogP contribution in [0.1, 0.15) is 38.8 Å². The van der Waals surface area contributed by atoms with Crippen LogP contribution in [0.25, 0.3) is 64.0 Å². The van der Waals surface area contributed by atoms with Crippen LogP contribution >= 0.6 is 11.3 Å². The van der Waals surface area contributed by atoms with Crippen LogP contribution in [0.3, 0.4) is 0 Å². The number of hydrogen-bond acceptors (Lipinski definition) is 1. The van der Waals surface area contributed by atoms with E-state index in [4.69, 9.17) is 0 Å². The third-order valence-electron chi connectivity index (χ3n) is 8.26. The number of fused-ring (bicyclic) bond motifs is 6. The Kier molecular flexibility index (Phi) is 6.64. The summed E-state index contributed by atoms with van der Waals surface area (Å²) in [6.45, 7) is 9.25. The third kappa shape index (κ3) is 4.83. The predicted octanol–water partition coefficient (Wildman–Crippen LogP) is 12.1. The Hall–Kier alpha value is -3.94. The molecule has 1 aromatic heterocycles. The summed E-state index contributed by atoms with van der Waals surface area (Å²) in [5.41, 5.74) is 8.09. The number of hydrogen-bond donors (Lipinski definition) is 0. The average molecular weight is 549 g/mol. The van der Waals surface area contributed by atoms with Crippen molar-refractivity contribution < 1.29 is 0 Å². The van der Waals surface area contributed by atoms with Crippen molar-refractivity contribution in [2.45, 2.75) is 40.5 Å². The molecular weight excluding hydrogens is 513 g/mol. The first-order valence-electron chi connectivity index (χ1n) is 14.9. The SMILES string of the molecule is CC(C)Cc1ccc2sc3c(-c4ccc(-c5cc6ccccc6c6ccccc56)cc4)cc(CC(C)C)cc3c2c1. The summed E-state index contributed by atoms with van der Waals surface area (Å²) in [6.07, 6.45) is 2.21. The first-order valence-corrected chi connectivity index (χ1v) is 15.8. The molecule has 1 heterocycles. The molecule has 202 valence electrons. The maximum atomic E-state index is 2.46. The lowest BCUT2D eigenvalue weighted by Gasteiger charge is -2.13. The molecule has 0 bridgehead atoms. The fourth-order valence-electron chi connectivity index (χ4n) is 6.51. The van der Waals surface area contributed by atoms with Gasteiger partial charge in [0.05, 0.1) is 0 Å². The van der Waals surface area contributed by atoms with Gasteiger partial charge in [0.1, 0.15) is 0 Å². The van der Waals surface area contributed by atoms with Gasteiger partial charge in [-0.2, -0.15) is 0 Å². The highest BCUT2D eigenvalue weighted by Gasteiger charge is 2.15. The second-order valence-electron chi connectivity index (χ2n) is 12.4. The summed E-state index contributed by atoms with van der Waals surface area (Å²) in [5.74, 6) is 1.27. The van der Waals surface area contributed by atoms with Crippen molar-refractivity contribution in [3.8, 4) is 22.3 Å². The topological polar surface area (TPSA) is 0 Å². The molecule has 0 atom stereocenters. The summed E-state index contributed by atoms with van der Waals surface area (Å²) in [4.78, 5) is 0. The second-order valence-corrected chi connectivity index (χ2v) is 13.5. The number of benzene rings is 6. The highest BCUT2D eigenvalue weighted by Crippen LogP contribution is 2.42. The Morgan fingerprint density at radius 1 is 0.488 bits per heavy atom. The summed E-state index contributed by atoms with van der Waals surface area (Å²) in [7, 11) is 0. The van der Waals surface area contributed by atoms with Crippen LogP contribution in [0.2, 0.25) is 0 Å². The molecule has 0 aliphatic carbocycles. The molecule has 0 spiro atoms. The van der Waals surface area contributed by atoms with Crippen molar-refractivity contribution in [3.05, 3.63) is 120 Å². The van der Waals surface area contributed by atoms with Gasteiger partial charge in [0, 0.05) is 20.2 Å². The summed E-state index contributed by atoms with van der Waals surface area (Å²) < 4.78 is 2.79. The summed E-state index contributed by atoms with van der Waals surface area (Å²) >= 11 is 1.94. The van der Waals surface area contributed by atoms with Crippen LogP contribution in [0.4, 0.5) is 0 Å². The molecule has 0 saturated heterocycles. The zero-order valence-electron chi connectivity index (χ0n) is 24.4. The minimum Gasteiger partial charge on any atom is -0.135 e. The Balaban J connectivity index is 1.38. The van der Waals surface area contributed by atoms with Gasteiger partial charge in [-0.3, -0.25) is 0 Å². The Morgan fingerprint density at radius 2 is 1.10 bits per heavy atom. The molecule has 41 heavy (non-hydrogen) atoms. The van der Waals surface area contributed by atoms with E-state index in [9.17, 15) is 0 Å². The fraction of sp³-hybridized carbons (Fsp3) is 0.200. The van der Waals surface area contributed by atoms with Crippen LogP contribution < -0.4 is 0 Å². The van der Waals surface area contributed by atoms with E-state index in [0.29, 0.717) is 11.8 Å². The molecule has 0 fully saturated rings. The first-order chi connectivity index (χ1) is 19.9. The summed E-state index contributed by atoms with van der Waals surface area (Å²) in [5, 5.41) is 8.05. The Bertz CT molecular complexity index is 2040. The van der Waals surface area contributed by atoms with Crippen LogP contribution in [-0.2, 0) is 12.8 Å². The van der Waals surface area contributed by atoms with Crippen molar-refractivity contribution >= 4 is 53.1 Å². The molecular formula is C40H36S. The van der Waals surface area contributed by atoms with E-state index in [1.807, 2.05) is 11.3 Å². The average Bonchev–Trinajstić information content (AvgIpc) is 3.34. The van der Waals surface area contributed by atoms with Crippen molar-refractivity contribution in [2.24, 2.45) is 11.8 Å². The highest BCUT2D eigenvalue weighted by atomic mass is 32.1. The van der Waals surface area contributed by atoms with Crippen LogP contribution in [0.15, 0.2) is 109 Å². The van der Waals surface area contributed by atoms with Crippen LogP contribution in [-0.4, -0.2) is 0 Å². The van der Waals surface area contributed by atoms with Gasteiger partial charge in [0.15, 0.2) is 0 Å². The van der Waals surface area contributed by atoms with E-state index < -0.39 is 0 Å². The second kappa shape index (κ2) is 10.5. The molecule has 0 N–H and O–H groups in total. The van der Waals surface area contributed by atoms with E-state index in [-0.39, 0.29) is 0 Å². The van der Waals surface area contributed by atoms with E-state index >= 15 is 0 Å². The number of rotatable bonds is 6. The molecule has 0 aliphatic heterocycles. The zero-order valence-corrected chi connectivity index (χ0v) is 25.2. The molecule has 1 heteroatoms. The monoisotopic (exact) mass is 548 g/mol. The van der Waals surface area contributed by atoms with Crippen LogP contribution in [0.5, 0.6) is 0 Å².